The molecule has 1 aromatic rings. The predicted molar refractivity (Wildman–Crippen MR) is 71.6 cm³/mol. The van der Waals surface area contributed by atoms with E-state index >= 15 is 0 Å². The molecule has 0 aromatic carbocycles. The second kappa shape index (κ2) is 4.87. The number of aromatic nitrogens is 1. The summed E-state index contributed by atoms with van der Waals surface area (Å²) in [6.07, 6.45) is 1.67. The number of nitrogens with one attached hydrogen (secondary N) is 2. The van der Waals surface area contributed by atoms with Crippen LogP contribution in [0.25, 0.3) is 0 Å². The summed E-state index contributed by atoms with van der Waals surface area (Å²) in [6.45, 7) is 6.42. The summed E-state index contributed by atoms with van der Waals surface area (Å²) < 4.78 is 0. The highest BCUT2D eigenvalue weighted by Crippen LogP contribution is 2.19. The summed E-state index contributed by atoms with van der Waals surface area (Å²) in [5, 5.41) is 5.74. The Labute approximate surface area is 112 Å². The number of anilines is 1. The second-order valence-corrected chi connectivity index (χ2v) is 5.03. The molecule has 2 heterocycles. The standard InChI is InChI=1S/C13H18N4O2/c1-4-14-10-6-5-9(7-15-10)8-17-11(18)13(2,3)16-12(17)19/h5-7H,4,8H2,1-3H3,(H,14,15)(H,16,19). The molecular formula is C13H18N4O2. The number of rotatable bonds is 4. The van der Waals surface area contributed by atoms with Crippen molar-refractivity contribution < 1.29 is 9.59 Å². The number of carbonyl (C=O) groups excluding carboxylic acids is 2. The summed E-state index contributed by atoms with van der Waals surface area (Å²) in [5.41, 5.74) is -0.00309. The van der Waals surface area contributed by atoms with Gasteiger partial charge in [0.25, 0.3) is 5.91 Å². The van der Waals surface area contributed by atoms with E-state index in [2.05, 4.69) is 15.6 Å². The summed E-state index contributed by atoms with van der Waals surface area (Å²) in [6, 6.07) is 3.34. The number of pyridine rings is 1. The molecule has 0 saturated carbocycles. The van der Waals surface area contributed by atoms with E-state index in [0.717, 1.165) is 17.9 Å². The lowest BCUT2D eigenvalue weighted by molar-refractivity contribution is -0.130. The van der Waals surface area contributed by atoms with Crippen LogP contribution in [-0.2, 0) is 11.3 Å². The molecular weight excluding hydrogens is 244 g/mol. The molecule has 1 aliphatic rings. The molecule has 1 fully saturated rings. The van der Waals surface area contributed by atoms with E-state index in [1.165, 1.54) is 4.90 Å². The highest BCUT2D eigenvalue weighted by molar-refractivity contribution is 6.06. The first-order valence-electron chi connectivity index (χ1n) is 6.27. The van der Waals surface area contributed by atoms with Crippen LogP contribution >= 0.6 is 0 Å². The number of amides is 3. The first kappa shape index (κ1) is 13.3. The molecule has 0 spiro atoms. The molecule has 1 aliphatic heterocycles. The Morgan fingerprint density at radius 1 is 1.37 bits per heavy atom. The third-order valence-electron chi connectivity index (χ3n) is 2.97. The molecule has 0 radical (unpaired) electrons. The van der Waals surface area contributed by atoms with Crippen molar-refractivity contribution in [2.75, 3.05) is 11.9 Å². The van der Waals surface area contributed by atoms with Gasteiger partial charge in [0.2, 0.25) is 0 Å². The van der Waals surface area contributed by atoms with Crippen molar-refractivity contribution in [3.63, 3.8) is 0 Å². The zero-order valence-corrected chi connectivity index (χ0v) is 11.4. The number of hydrogen-bond acceptors (Lipinski definition) is 4. The Balaban J connectivity index is 2.09. The second-order valence-electron chi connectivity index (χ2n) is 5.03. The van der Waals surface area contributed by atoms with E-state index in [-0.39, 0.29) is 18.5 Å². The van der Waals surface area contributed by atoms with Crippen LogP contribution in [0.15, 0.2) is 18.3 Å². The predicted octanol–water partition coefficient (Wildman–Crippen LogP) is 1.34. The van der Waals surface area contributed by atoms with Crippen LogP contribution in [0.3, 0.4) is 0 Å². The fraction of sp³-hybridized carbons (Fsp3) is 0.462. The van der Waals surface area contributed by atoms with Gasteiger partial charge in [-0.25, -0.2) is 9.78 Å². The van der Waals surface area contributed by atoms with E-state index in [1.54, 1.807) is 20.0 Å². The van der Waals surface area contributed by atoms with Gasteiger partial charge in [-0.3, -0.25) is 9.69 Å². The van der Waals surface area contributed by atoms with Gasteiger partial charge >= 0.3 is 6.03 Å². The molecule has 0 unspecified atom stereocenters. The number of carbonyl (C=O) groups is 2. The van der Waals surface area contributed by atoms with Gasteiger partial charge in [-0.1, -0.05) is 6.07 Å². The minimum atomic E-state index is -0.825. The number of imide groups is 1. The van der Waals surface area contributed by atoms with Gasteiger partial charge in [0, 0.05) is 12.7 Å². The zero-order valence-electron chi connectivity index (χ0n) is 11.4. The van der Waals surface area contributed by atoms with Gasteiger partial charge in [-0.15, -0.1) is 0 Å². The number of nitrogens with zero attached hydrogens (tertiary/aromatic N) is 2. The Hall–Kier alpha value is -2.11. The fourth-order valence-electron chi connectivity index (χ4n) is 1.95. The van der Waals surface area contributed by atoms with Crippen LogP contribution < -0.4 is 10.6 Å². The van der Waals surface area contributed by atoms with Gasteiger partial charge in [0.15, 0.2) is 0 Å². The molecule has 3 amide bonds. The van der Waals surface area contributed by atoms with Crippen molar-refractivity contribution in [2.24, 2.45) is 0 Å². The molecule has 0 aliphatic carbocycles. The maximum Gasteiger partial charge on any atom is 0.325 e. The quantitative estimate of drug-likeness (QED) is 0.803. The molecule has 19 heavy (non-hydrogen) atoms. The Kier molecular flexibility index (Phi) is 3.42. The lowest BCUT2D eigenvalue weighted by Gasteiger charge is -2.16. The minimum Gasteiger partial charge on any atom is -0.370 e. The maximum absolute atomic E-state index is 12.0. The monoisotopic (exact) mass is 262 g/mol. The van der Waals surface area contributed by atoms with Crippen LogP contribution in [0, 0.1) is 0 Å². The van der Waals surface area contributed by atoms with Crippen LogP contribution in [0.5, 0.6) is 0 Å². The van der Waals surface area contributed by atoms with Crippen LogP contribution in [-0.4, -0.2) is 33.9 Å². The summed E-state index contributed by atoms with van der Waals surface area (Å²) in [5.74, 6) is 0.567. The summed E-state index contributed by atoms with van der Waals surface area (Å²) >= 11 is 0. The SMILES string of the molecule is CCNc1ccc(CN2C(=O)NC(C)(C)C2=O)cn1. The Morgan fingerprint density at radius 2 is 2.11 bits per heavy atom. The van der Waals surface area contributed by atoms with E-state index in [4.69, 9.17) is 0 Å². The molecule has 0 atom stereocenters. The van der Waals surface area contributed by atoms with Gasteiger partial charge in [-0.05, 0) is 32.4 Å². The topological polar surface area (TPSA) is 74.3 Å². The fourth-order valence-corrected chi connectivity index (χ4v) is 1.95. The Morgan fingerprint density at radius 3 is 2.58 bits per heavy atom. The van der Waals surface area contributed by atoms with Crippen molar-refractivity contribution in [3.05, 3.63) is 23.9 Å². The Bertz CT molecular complexity index is 496. The van der Waals surface area contributed by atoms with E-state index in [1.807, 2.05) is 19.1 Å². The smallest absolute Gasteiger partial charge is 0.325 e. The molecule has 1 aromatic heterocycles. The first-order valence-corrected chi connectivity index (χ1v) is 6.27. The molecule has 1 saturated heterocycles. The van der Waals surface area contributed by atoms with Gasteiger partial charge in [-0.2, -0.15) is 0 Å². The minimum absolute atomic E-state index is 0.215. The van der Waals surface area contributed by atoms with Gasteiger partial charge < -0.3 is 10.6 Å². The molecule has 102 valence electrons. The molecule has 6 heteroatoms. The van der Waals surface area contributed by atoms with Crippen molar-refractivity contribution in [2.45, 2.75) is 32.9 Å². The molecule has 2 rings (SSSR count). The molecule has 0 bridgehead atoms. The maximum atomic E-state index is 12.0. The lowest BCUT2D eigenvalue weighted by Crippen LogP contribution is -2.40. The highest BCUT2D eigenvalue weighted by atomic mass is 16.2. The third-order valence-corrected chi connectivity index (χ3v) is 2.97. The first-order chi connectivity index (χ1) is 8.94. The van der Waals surface area contributed by atoms with E-state index in [0.29, 0.717) is 0 Å². The molecule has 6 nitrogen and oxygen atoms in total. The zero-order chi connectivity index (χ0) is 14.0. The van der Waals surface area contributed by atoms with Crippen molar-refractivity contribution >= 4 is 17.8 Å². The average Bonchev–Trinajstić information content (AvgIpc) is 2.54. The van der Waals surface area contributed by atoms with Gasteiger partial charge in [0.1, 0.15) is 11.4 Å². The normalized spacial score (nSPS) is 17.5. The number of hydrogen-bond donors (Lipinski definition) is 2. The van der Waals surface area contributed by atoms with E-state index < -0.39 is 5.54 Å². The third kappa shape index (κ3) is 2.67. The average molecular weight is 262 g/mol. The number of urea groups is 1. The summed E-state index contributed by atoms with van der Waals surface area (Å²) in [4.78, 5) is 29.2. The van der Waals surface area contributed by atoms with Gasteiger partial charge in [0.05, 0.1) is 6.54 Å². The highest BCUT2D eigenvalue weighted by Gasteiger charge is 2.44. The largest absolute Gasteiger partial charge is 0.370 e. The summed E-state index contributed by atoms with van der Waals surface area (Å²) in [7, 11) is 0. The van der Waals surface area contributed by atoms with Crippen LogP contribution in [0.2, 0.25) is 0 Å². The van der Waals surface area contributed by atoms with Crippen molar-refractivity contribution in [3.8, 4) is 0 Å². The lowest BCUT2D eigenvalue weighted by atomic mass is 10.1. The van der Waals surface area contributed by atoms with Crippen molar-refractivity contribution in [1.29, 1.82) is 0 Å². The van der Waals surface area contributed by atoms with Crippen molar-refractivity contribution in [1.82, 2.24) is 15.2 Å². The van der Waals surface area contributed by atoms with Crippen LogP contribution in [0.1, 0.15) is 26.3 Å². The molecule has 2 N–H and O–H groups in total. The van der Waals surface area contributed by atoms with Crippen LogP contribution in [0.4, 0.5) is 10.6 Å². The van der Waals surface area contributed by atoms with E-state index in [9.17, 15) is 9.59 Å².